The molecule has 0 bridgehead atoms. The summed E-state index contributed by atoms with van der Waals surface area (Å²) in [5.41, 5.74) is 3.91. The Labute approximate surface area is 173 Å². The van der Waals surface area contributed by atoms with Crippen LogP contribution < -0.4 is 10.2 Å². The maximum Gasteiger partial charge on any atom is 0.325 e. The quantitative estimate of drug-likeness (QED) is 0.658. The molecule has 0 radical (unpaired) electrons. The van der Waals surface area contributed by atoms with Crippen LogP contribution in [0.3, 0.4) is 0 Å². The lowest BCUT2D eigenvalue weighted by Gasteiger charge is -2.24. The second-order valence-electron chi connectivity index (χ2n) is 7.94. The third-order valence-electron chi connectivity index (χ3n) is 5.98. The van der Waals surface area contributed by atoms with E-state index in [1.807, 2.05) is 61.7 Å². The predicted octanol–water partition coefficient (Wildman–Crippen LogP) is 2.61. The summed E-state index contributed by atoms with van der Waals surface area (Å²) in [5.74, 6) is -0.609. The van der Waals surface area contributed by atoms with Crippen molar-refractivity contribution in [3.05, 3.63) is 65.9 Å². The Morgan fingerprint density at radius 3 is 2.73 bits per heavy atom. The Morgan fingerprint density at radius 1 is 1.10 bits per heavy atom. The van der Waals surface area contributed by atoms with Crippen LogP contribution in [0.1, 0.15) is 18.1 Å². The number of carbonyl (C=O) groups is 3. The molecular formula is C23H22N4O3. The largest absolute Gasteiger partial charge is 0.361 e. The zero-order chi connectivity index (χ0) is 20.8. The zero-order valence-electron chi connectivity index (χ0n) is 16.6. The highest BCUT2D eigenvalue weighted by Gasteiger charge is 2.41. The lowest BCUT2D eigenvalue weighted by atomic mass is 10.1. The molecule has 152 valence electrons. The van der Waals surface area contributed by atoms with Crippen LogP contribution in [0.15, 0.2) is 54.7 Å². The van der Waals surface area contributed by atoms with Crippen molar-refractivity contribution in [1.82, 2.24) is 15.2 Å². The maximum atomic E-state index is 13.0. The van der Waals surface area contributed by atoms with E-state index in [1.165, 1.54) is 0 Å². The first-order valence-corrected chi connectivity index (χ1v) is 10.1. The molecule has 2 unspecified atom stereocenters. The standard InChI is InChI=1S/C23H22N4O3/c1-14-10-15-6-2-5-9-20(15)27(14)21(28)13-26-22(29)19(25-23(26)30)11-16-12-24-18-8-4-3-7-17(16)18/h2-9,12,14,19,24H,10-11,13H2,1H3,(H,25,30). The van der Waals surface area contributed by atoms with Crippen LogP contribution in [0.2, 0.25) is 0 Å². The minimum atomic E-state index is -0.673. The van der Waals surface area contributed by atoms with Crippen molar-refractivity contribution in [2.45, 2.75) is 31.8 Å². The average Bonchev–Trinajstić information content (AvgIpc) is 3.38. The normalized spacial score (nSPS) is 20.7. The van der Waals surface area contributed by atoms with E-state index in [2.05, 4.69) is 10.3 Å². The monoisotopic (exact) mass is 402 g/mol. The molecular weight excluding hydrogens is 380 g/mol. The first-order chi connectivity index (χ1) is 14.5. The van der Waals surface area contributed by atoms with Gasteiger partial charge in [-0.05, 0) is 36.6 Å². The highest BCUT2D eigenvalue weighted by atomic mass is 16.2. The van der Waals surface area contributed by atoms with Crippen molar-refractivity contribution in [2.24, 2.45) is 0 Å². The van der Waals surface area contributed by atoms with E-state index >= 15 is 0 Å². The average molecular weight is 402 g/mol. The first-order valence-electron chi connectivity index (χ1n) is 10.1. The summed E-state index contributed by atoms with van der Waals surface area (Å²) in [6, 6.07) is 14.4. The number of nitrogens with zero attached hydrogens (tertiary/aromatic N) is 2. The highest BCUT2D eigenvalue weighted by Crippen LogP contribution is 2.32. The molecule has 7 nitrogen and oxygen atoms in total. The molecule has 2 aliphatic rings. The summed E-state index contributed by atoms with van der Waals surface area (Å²) in [6.45, 7) is 1.72. The zero-order valence-corrected chi connectivity index (χ0v) is 16.6. The van der Waals surface area contributed by atoms with Crippen molar-refractivity contribution in [1.29, 1.82) is 0 Å². The van der Waals surface area contributed by atoms with Gasteiger partial charge in [0.2, 0.25) is 5.91 Å². The second kappa shape index (κ2) is 7.02. The molecule has 0 saturated carbocycles. The van der Waals surface area contributed by atoms with E-state index in [9.17, 15) is 14.4 Å². The first kappa shape index (κ1) is 18.4. The summed E-state index contributed by atoms with van der Waals surface area (Å²) in [6.07, 6.45) is 3.01. The number of imide groups is 1. The van der Waals surface area contributed by atoms with E-state index in [0.29, 0.717) is 6.42 Å². The number of anilines is 1. The Balaban J connectivity index is 1.32. The topological polar surface area (TPSA) is 85.5 Å². The number of aromatic nitrogens is 1. The van der Waals surface area contributed by atoms with Crippen LogP contribution in [0.4, 0.5) is 10.5 Å². The number of nitrogens with one attached hydrogen (secondary N) is 2. The van der Waals surface area contributed by atoms with Crippen LogP contribution in [-0.2, 0) is 22.4 Å². The molecule has 2 atom stereocenters. The number of hydrogen-bond acceptors (Lipinski definition) is 3. The smallest absolute Gasteiger partial charge is 0.325 e. The number of para-hydroxylation sites is 2. The molecule has 30 heavy (non-hydrogen) atoms. The molecule has 1 aromatic heterocycles. The summed E-state index contributed by atoms with van der Waals surface area (Å²) in [5, 5.41) is 3.76. The van der Waals surface area contributed by atoms with Crippen LogP contribution in [0.25, 0.3) is 10.9 Å². The fourth-order valence-electron chi connectivity index (χ4n) is 4.54. The van der Waals surface area contributed by atoms with E-state index in [1.54, 1.807) is 4.90 Å². The van der Waals surface area contributed by atoms with Gasteiger partial charge in [-0.25, -0.2) is 4.79 Å². The number of aromatic amines is 1. The van der Waals surface area contributed by atoms with E-state index in [-0.39, 0.29) is 24.4 Å². The van der Waals surface area contributed by atoms with Gasteiger partial charge in [-0.15, -0.1) is 0 Å². The lowest BCUT2D eigenvalue weighted by molar-refractivity contribution is -0.131. The third kappa shape index (κ3) is 2.94. The second-order valence-corrected chi connectivity index (χ2v) is 7.94. The maximum absolute atomic E-state index is 13.0. The van der Waals surface area contributed by atoms with Crippen molar-refractivity contribution in [2.75, 3.05) is 11.4 Å². The number of fused-ring (bicyclic) bond motifs is 2. The lowest BCUT2D eigenvalue weighted by Crippen LogP contribution is -2.45. The minimum Gasteiger partial charge on any atom is -0.361 e. The molecule has 2 aromatic carbocycles. The van der Waals surface area contributed by atoms with Gasteiger partial charge in [0.1, 0.15) is 12.6 Å². The molecule has 3 aromatic rings. The van der Waals surface area contributed by atoms with Crippen molar-refractivity contribution in [3.63, 3.8) is 0 Å². The van der Waals surface area contributed by atoms with Gasteiger partial charge in [0.15, 0.2) is 0 Å². The van der Waals surface area contributed by atoms with Gasteiger partial charge in [-0.1, -0.05) is 36.4 Å². The van der Waals surface area contributed by atoms with Gasteiger partial charge in [0.25, 0.3) is 5.91 Å². The molecule has 3 heterocycles. The molecule has 0 spiro atoms. The number of hydrogen-bond donors (Lipinski definition) is 2. The Kier molecular flexibility index (Phi) is 4.31. The van der Waals surface area contributed by atoms with Crippen LogP contribution in [-0.4, -0.2) is 46.4 Å². The Bertz CT molecular complexity index is 1170. The molecule has 2 aliphatic heterocycles. The third-order valence-corrected chi connectivity index (χ3v) is 5.98. The summed E-state index contributed by atoms with van der Waals surface area (Å²) in [4.78, 5) is 44.3. The van der Waals surface area contributed by atoms with Crippen molar-refractivity contribution < 1.29 is 14.4 Å². The number of rotatable bonds is 4. The number of urea groups is 1. The van der Waals surface area contributed by atoms with Crippen molar-refractivity contribution >= 4 is 34.4 Å². The van der Waals surface area contributed by atoms with E-state index in [4.69, 9.17) is 0 Å². The molecule has 2 N–H and O–H groups in total. The molecule has 1 saturated heterocycles. The summed E-state index contributed by atoms with van der Waals surface area (Å²) >= 11 is 0. The SMILES string of the molecule is CC1Cc2ccccc2N1C(=O)CN1C(=O)NC(Cc2c[nH]c3ccccc23)C1=O. The van der Waals surface area contributed by atoms with Crippen LogP contribution >= 0.6 is 0 Å². The van der Waals surface area contributed by atoms with Gasteiger partial charge in [0.05, 0.1) is 0 Å². The van der Waals surface area contributed by atoms with Crippen LogP contribution in [0, 0.1) is 0 Å². The van der Waals surface area contributed by atoms with Gasteiger partial charge in [0, 0.05) is 35.2 Å². The number of benzene rings is 2. The Morgan fingerprint density at radius 2 is 1.87 bits per heavy atom. The van der Waals surface area contributed by atoms with Gasteiger partial charge < -0.3 is 15.2 Å². The predicted molar refractivity (Wildman–Crippen MR) is 113 cm³/mol. The Hall–Kier alpha value is -3.61. The van der Waals surface area contributed by atoms with Gasteiger partial charge in [-0.2, -0.15) is 0 Å². The van der Waals surface area contributed by atoms with E-state index in [0.717, 1.165) is 39.0 Å². The molecule has 0 aliphatic carbocycles. The van der Waals surface area contributed by atoms with Gasteiger partial charge >= 0.3 is 6.03 Å². The van der Waals surface area contributed by atoms with Crippen LogP contribution in [0.5, 0.6) is 0 Å². The minimum absolute atomic E-state index is 0.00214. The van der Waals surface area contributed by atoms with Gasteiger partial charge in [-0.3, -0.25) is 14.5 Å². The molecule has 1 fully saturated rings. The van der Waals surface area contributed by atoms with Crippen molar-refractivity contribution in [3.8, 4) is 0 Å². The molecule has 7 heteroatoms. The summed E-state index contributed by atoms with van der Waals surface area (Å²) in [7, 11) is 0. The number of carbonyl (C=O) groups excluding carboxylic acids is 3. The highest BCUT2D eigenvalue weighted by molar-refractivity contribution is 6.09. The summed E-state index contributed by atoms with van der Waals surface area (Å²) < 4.78 is 0. The van der Waals surface area contributed by atoms with E-state index < -0.39 is 12.1 Å². The number of H-pyrrole nitrogens is 1. The fourth-order valence-corrected chi connectivity index (χ4v) is 4.54. The number of amides is 4. The molecule has 4 amide bonds. The fraction of sp³-hybridized carbons (Fsp3) is 0.261. The molecule has 5 rings (SSSR count).